The van der Waals surface area contributed by atoms with Crippen LogP contribution in [0.1, 0.15) is 152 Å². The predicted molar refractivity (Wildman–Crippen MR) is 222 cm³/mol. The van der Waals surface area contributed by atoms with Crippen molar-refractivity contribution in [2.24, 2.45) is 28.6 Å². The summed E-state index contributed by atoms with van der Waals surface area (Å²) in [6.45, 7) is 35.6. The Kier molecular flexibility index (Phi) is 13.4. The molecule has 4 aliphatic rings. The first-order chi connectivity index (χ1) is 23.1. The van der Waals surface area contributed by atoms with Gasteiger partial charge in [-0.05, 0) is 134 Å². The van der Waals surface area contributed by atoms with E-state index >= 15 is 0 Å². The van der Waals surface area contributed by atoms with Gasteiger partial charge in [0.25, 0.3) is 0 Å². The van der Waals surface area contributed by atoms with Gasteiger partial charge in [0.2, 0.25) is 0 Å². The monoisotopic (exact) mass is 725 g/mol. The average Bonchev–Trinajstić information content (AvgIpc) is 3.71. The van der Waals surface area contributed by atoms with Crippen molar-refractivity contribution in [2.45, 2.75) is 207 Å². The summed E-state index contributed by atoms with van der Waals surface area (Å²) in [5.41, 5.74) is 4.66. The highest BCUT2D eigenvalue weighted by atomic mass is 28.4. The second-order valence-corrected chi connectivity index (χ2v) is 30.2. The van der Waals surface area contributed by atoms with Crippen LogP contribution >= 0.6 is 0 Å². The van der Waals surface area contributed by atoms with Gasteiger partial charge in [-0.1, -0.05) is 124 Å². The normalized spacial score (nSPS) is 32.2. The summed E-state index contributed by atoms with van der Waals surface area (Å²) in [5.74, 6) is 1.80. The Hall–Kier alpha value is -0.726. The second-order valence-electron chi connectivity index (χ2n) is 20.7. The van der Waals surface area contributed by atoms with Crippen LogP contribution in [0.2, 0.25) is 36.3 Å². The summed E-state index contributed by atoms with van der Waals surface area (Å²) in [6, 6.07) is 0. The molecule has 4 rings (SSSR count). The Balaban J connectivity index is 1.51. The summed E-state index contributed by atoms with van der Waals surface area (Å²) in [6.07, 6.45) is 26.5. The molecular weight excluding hydrogens is 645 g/mol. The highest BCUT2D eigenvalue weighted by molar-refractivity contribution is 6.74. The lowest BCUT2D eigenvalue weighted by atomic mass is 9.61. The molecule has 0 aromatic carbocycles. The smallest absolute Gasteiger partial charge is 0.192 e. The molecule has 0 saturated heterocycles. The van der Waals surface area contributed by atoms with Gasteiger partial charge >= 0.3 is 0 Å². The minimum atomic E-state index is -1.99. The van der Waals surface area contributed by atoms with Crippen LogP contribution < -0.4 is 0 Å². The number of rotatable bonds is 14. The maximum absolute atomic E-state index is 11.3. The number of hydrogen-bond acceptors (Lipinski definition) is 3. The van der Waals surface area contributed by atoms with Gasteiger partial charge in [0.1, 0.15) is 0 Å². The van der Waals surface area contributed by atoms with Crippen molar-refractivity contribution in [2.75, 3.05) is 0 Å². The first-order valence-electron chi connectivity index (χ1n) is 20.9. The Labute approximate surface area is 312 Å². The maximum Gasteiger partial charge on any atom is 0.192 e. The third-order valence-electron chi connectivity index (χ3n) is 15.1. The zero-order valence-electron chi connectivity index (χ0n) is 35.1. The van der Waals surface area contributed by atoms with E-state index in [-0.39, 0.29) is 33.8 Å². The van der Waals surface area contributed by atoms with Crippen molar-refractivity contribution in [1.82, 2.24) is 0 Å². The van der Waals surface area contributed by atoms with Crippen LogP contribution in [0.25, 0.3) is 0 Å². The lowest BCUT2D eigenvalue weighted by molar-refractivity contribution is 0.0969. The summed E-state index contributed by atoms with van der Waals surface area (Å²) < 4.78 is 14.2. The van der Waals surface area contributed by atoms with Crippen LogP contribution in [-0.2, 0) is 8.85 Å². The van der Waals surface area contributed by atoms with Crippen molar-refractivity contribution in [3.8, 4) is 0 Å². The molecule has 286 valence electrons. The van der Waals surface area contributed by atoms with Gasteiger partial charge in [-0.25, -0.2) is 0 Å². The molecule has 3 nitrogen and oxygen atoms in total. The third-order valence-corrected chi connectivity index (χ3v) is 24.1. The largest absolute Gasteiger partial charge is 0.413 e. The van der Waals surface area contributed by atoms with E-state index in [9.17, 15) is 5.11 Å². The molecular formula is C45H80O3Si2. The zero-order valence-corrected chi connectivity index (χ0v) is 37.1. The van der Waals surface area contributed by atoms with Crippen LogP contribution in [0, 0.1) is 28.6 Å². The van der Waals surface area contributed by atoms with Crippen molar-refractivity contribution >= 4 is 16.6 Å². The maximum atomic E-state index is 11.3. The van der Waals surface area contributed by atoms with Crippen LogP contribution in [0.5, 0.6) is 0 Å². The molecule has 0 aromatic rings. The molecule has 0 aromatic heterocycles. The molecule has 0 spiro atoms. The van der Waals surface area contributed by atoms with E-state index in [0.717, 1.165) is 12.8 Å². The van der Waals surface area contributed by atoms with Gasteiger partial charge in [-0.2, -0.15) is 0 Å². The molecule has 1 N–H and O–H groups in total. The quantitative estimate of drug-likeness (QED) is 0.110. The molecule has 0 heterocycles. The van der Waals surface area contributed by atoms with Crippen molar-refractivity contribution in [1.29, 1.82) is 0 Å². The Morgan fingerprint density at radius 2 is 1.54 bits per heavy atom. The molecule has 0 bridgehead atoms. The van der Waals surface area contributed by atoms with E-state index in [2.05, 4.69) is 113 Å². The van der Waals surface area contributed by atoms with E-state index in [1.807, 2.05) is 0 Å². The Morgan fingerprint density at radius 1 is 0.900 bits per heavy atom. The van der Waals surface area contributed by atoms with Crippen LogP contribution in [-0.4, -0.2) is 40.1 Å². The Morgan fingerprint density at radius 3 is 2.14 bits per heavy atom. The van der Waals surface area contributed by atoms with Gasteiger partial charge in [0.05, 0.1) is 18.3 Å². The minimum Gasteiger partial charge on any atom is -0.413 e. The third kappa shape index (κ3) is 9.49. The highest BCUT2D eigenvalue weighted by Crippen LogP contribution is 2.60. The van der Waals surface area contributed by atoms with E-state index in [1.54, 1.807) is 5.57 Å². The van der Waals surface area contributed by atoms with Gasteiger partial charge in [0, 0.05) is 6.42 Å². The number of fused-ring (bicyclic) bond motifs is 1. The van der Waals surface area contributed by atoms with Gasteiger partial charge in [-0.15, -0.1) is 0 Å². The molecule has 0 amide bonds. The molecule has 4 aliphatic carbocycles. The number of aliphatic hydroxyl groups is 1. The molecule has 5 heteroatoms. The molecule has 50 heavy (non-hydrogen) atoms. The fourth-order valence-corrected chi connectivity index (χ4v) is 12.0. The van der Waals surface area contributed by atoms with Crippen molar-refractivity contribution in [3.63, 3.8) is 0 Å². The number of hydrogen-bond donors (Lipinski definition) is 1. The molecule has 0 unspecified atom stereocenters. The first-order valence-corrected chi connectivity index (χ1v) is 26.7. The SMILES string of the molecule is C=C1C(=CC=C2CCC[C@]3(C)[C@@H]([C@H](C)C=C[C@H](O)C4(CCCCCC)CC4)CC[C@@H]23)C[C@@H](O[Si](C)(C)C(C)(C)C)C[C@@H]1O[Si](C)(C)C(C)(C)C. The highest BCUT2D eigenvalue weighted by Gasteiger charge is 2.51. The minimum absolute atomic E-state index is 0.0191. The van der Waals surface area contributed by atoms with E-state index < -0.39 is 16.6 Å². The van der Waals surface area contributed by atoms with Crippen molar-refractivity contribution in [3.05, 3.63) is 47.6 Å². The topological polar surface area (TPSA) is 38.7 Å². The molecule has 0 aliphatic heterocycles. The Bertz CT molecular complexity index is 1260. The summed E-state index contributed by atoms with van der Waals surface area (Å²) in [7, 11) is -3.93. The molecule has 4 fully saturated rings. The lowest BCUT2D eigenvalue weighted by Crippen LogP contribution is -2.49. The fourth-order valence-electron chi connectivity index (χ4n) is 9.29. The van der Waals surface area contributed by atoms with E-state index in [4.69, 9.17) is 15.4 Å². The molecule has 4 saturated carbocycles. The van der Waals surface area contributed by atoms with E-state index in [0.29, 0.717) is 23.2 Å². The molecule has 7 atom stereocenters. The van der Waals surface area contributed by atoms with Gasteiger partial charge in [-0.3, -0.25) is 0 Å². The molecule has 0 radical (unpaired) electrons. The van der Waals surface area contributed by atoms with Crippen LogP contribution in [0.3, 0.4) is 0 Å². The summed E-state index contributed by atoms with van der Waals surface area (Å²) in [5, 5.41) is 11.6. The van der Waals surface area contributed by atoms with Crippen LogP contribution in [0.4, 0.5) is 0 Å². The second kappa shape index (κ2) is 15.9. The predicted octanol–water partition coefficient (Wildman–Crippen LogP) is 13.5. The number of unbranched alkanes of at least 4 members (excludes halogenated alkanes) is 3. The van der Waals surface area contributed by atoms with Gasteiger partial charge < -0.3 is 14.0 Å². The fraction of sp³-hybridized carbons (Fsp3) is 0.822. The standard InChI is InChI=1S/C45H80O3Si2/c1-15-16-17-18-28-45(29-30-45)41(46)26-21-33(2)38-24-25-39-35(20-19-27-44(38,39)10)22-23-36-31-37(47-49(11,12)42(4,5)6)32-40(34(36)3)48-50(13,14)43(7,8)9/h21-23,26,33,37-41,46H,3,15-20,24-25,27-32H2,1-2,4-14H3/t33-,37-,38-,39+,40+,41+,44-/m1/s1. The first kappa shape index (κ1) is 42.0. The van der Waals surface area contributed by atoms with Crippen LogP contribution in [0.15, 0.2) is 47.6 Å². The van der Waals surface area contributed by atoms with Crippen molar-refractivity contribution < 1.29 is 14.0 Å². The lowest BCUT2D eigenvalue weighted by Gasteiger charge is -2.45. The van der Waals surface area contributed by atoms with Gasteiger partial charge in [0.15, 0.2) is 16.6 Å². The number of aliphatic hydroxyl groups excluding tert-OH is 1. The number of allylic oxidation sites excluding steroid dienone is 4. The summed E-state index contributed by atoms with van der Waals surface area (Å²) >= 11 is 0. The average molecular weight is 725 g/mol. The summed E-state index contributed by atoms with van der Waals surface area (Å²) in [4.78, 5) is 0. The van der Waals surface area contributed by atoms with E-state index in [1.165, 1.54) is 88.2 Å². The zero-order chi connectivity index (χ0) is 37.3.